The van der Waals surface area contributed by atoms with Gasteiger partial charge >= 0.3 is 0 Å². The van der Waals surface area contributed by atoms with E-state index in [0.29, 0.717) is 40.7 Å². The molecule has 0 fully saturated rings. The minimum atomic E-state index is -0.366. The van der Waals surface area contributed by atoms with Crippen LogP contribution in [0.25, 0.3) is 22.6 Å². The molecule has 8 heteroatoms. The first kappa shape index (κ1) is 22.1. The van der Waals surface area contributed by atoms with Crippen LogP contribution in [0.5, 0.6) is 0 Å². The molecule has 3 aromatic carbocycles. The third kappa shape index (κ3) is 4.96. The normalized spacial score (nSPS) is 10.8. The Balaban J connectivity index is 1.51. The number of benzene rings is 3. The van der Waals surface area contributed by atoms with Crippen LogP contribution in [0.3, 0.4) is 0 Å². The van der Waals surface area contributed by atoms with Crippen molar-refractivity contribution in [3.63, 3.8) is 0 Å². The Morgan fingerprint density at radius 3 is 2.34 bits per heavy atom. The average molecular weight is 465 g/mol. The van der Waals surface area contributed by atoms with Crippen LogP contribution in [0.4, 0.5) is 10.3 Å². The van der Waals surface area contributed by atoms with Gasteiger partial charge in [0.2, 0.25) is 5.95 Å². The summed E-state index contributed by atoms with van der Waals surface area (Å²) in [5.74, 6) is -0.294. The maximum Gasteiger partial charge on any atom is 0.280 e. The highest BCUT2D eigenvalue weighted by molar-refractivity contribution is 5.99. The molecule has 1 N–H and O–H groups in total. The molecular formula is C27H21FN6O. The van der Waals surface area contributed by atoms with Crippen LogP contribution >= 0.6 is 0 Å². The molecule has 7 nitrogen and oxygen atoms in total. The molecule has 0 aliphatic heterocycles. The lowest BCUT2D eigenvalue weighted by molar-refractivity contribution is 0.0945. The van der Waals surface area contributed by atoms with Gasteiger partial charge in [-0.1, -0.05) is 53.7 Å². The molecule has 0 unspecified atom stereocenters. The highest BCUT2D eigenvalue weighted by Gasteiger charge is 2.23. The third-order valence-corrected chi connectivity index (χ3v) is 5.44. The summed E-state index contributed by atoms with van der Waals surface area (Å²) in [7, 11) is 0. The molecule has 0 aliphatic carbocycles. The molecule has 172 valence electrons. The lowest BCUT2D eigenvalue weighted by atomic mass is 10.1. The lowest BCUT2D eigenvalue weighted by Gasteiger charge is -2.09. The summed E-state index contributed by atoms with van der Waals surface area (Å²) in [6.45, 7) is 0.638. The SMILES string of the molecule is O=C(c1ccccc1)n1nnc(-c2ccc(F)cc2)c1-c1ccnc(NCCc2ccccc2)n1. The monoisotopic (exact) mass is 464 g/mol. The van der Waals surface area contributed by atoms with Crippen LogP contribution in [0.15, 0.2) is 97.2 Å². The molecule has 0 radical (unpaired) electrons. The highest BCUT2D eigenvalue weighted by atomic mass is 19.1. The number of aromatic nitrogens is 5. The fraction of sp³-hybridized carbons (Fsp3) is 0.0741. The van der Waals surface area contributed by atoms with Crippen molar-refractivity contribution in [2.24, 2.45) is 0 Å². The Morgan fingerprint density at radius 1 is 0.886 bits per heavy atom. The topological polar surface area (TPSA) is 85.6 Å². The summed E-state index contributed by atoms with van der Waals surface area (Å²) in [6, 6.07) is 26.5. The highest BCUT2D eigenvalue weighted by Crippen LogP contribution is 2.30. The van der Waals surface area contributed by atoms with E-state index in [1.807, 2.05) is 24.3 Å². The van der Waals surface area contributed by atoms with Gasteiger partial charge in [-0.15, -0.1) is 5.10 Å². The Morgan fingerprint density at radius 2 is 1.60 bits per heavy atom. The fourth-order valence-electron chi connectivity index (χ4n) is 3.70. The van der Waals surface area contributed by atoms with Crippen LogP contribution in [0.1, 0.15) is 15.9 Å². The van der Waals surface area contributed by atoms with Crippen molar-refractivity contribution in [2.45, 2.75) is 6.42 Å². The minimum absolute atomic E-state index is 0.348. The largest absolute Gasteiger partial charge is 0.354 e. The van der Waals surface area contributed by atoms with Gasteiger partial charge in [0.15, 0.2) is 0 Å². The van der Waals surface area contributed by atoms with E-state index in [4.69, 9.17) is 0 Å². The number of hydrogen-bond donors (Lipinski definition) is 1. The van der Waals surface area contributed by atoms with E-state index in [0.717, 1.165) is 6.42 Å². The number of rotatable bonds is 7. The number of hydrogen-bond acceptors (Lipinski definition) is 6. The second kappa shape index (κ2) is 10.0. The van der Waals surface area contributed by atoms with Gasteiger partial charge in [-0.2, -0.15) is 4.68 Å². The van der Waals surface area contributed by atoms with E-state index in [2.05, 4.69) is 37.7 Å². The Kier molecular flexibility index (Phi) is 6.34. The molecule has 35 heavy (non-hydrogen) atoms. The zero-order chi connectivity index (χ0) is 24.0. The molecule has 0 saturated carbocycles. The standard InChI is InChI=1S/C27H21FN6O/c28-22-13-11-20(12-14-22)24-25(34(33-32-24)26(35)21-9-5-2-6-10-21)23-16-18-30-27(31-23)29-17-15-19-7-3-1-4-8-19/h1-14,16,18H,15,17H2,(H,29,30,31). The summed E-state index contributed by atoms with van der Waals surface area (Å²) in [5.41, 5.74) is 3.56. The minimum Gasteiger partial charge on any atom is -0.354 e. The van der Waals surface area contributed by atoms with Gasteiger partial charge in [0.05, 0.1) is 5.69 Å². The van der Waals surface area contributed by atoms with Crippen LogP contribution < -0.4 is 5.32 Å². The maximum absolute atomic E-state index is 13.6. The van der Waals surface area contributed by atoms with Crippen LogP contribution in [0, 0.1) is 5.82 Å². The Bertz CT molecular complexity index is 1440. The van der Waals surface area contributed by atoms with Crippen molar-refractivity contribution in [2.75, 3.05) is 11.9 Å². The van der Waals surface area contributed by atoms with E-state index >= 15 is 0 Å². The predicted octanol–water partition coefficient (Wildman–Crippen LogP) is 4.88. The molecule has 0 amide bonds. The lowest BCUT2D eigenvalue weighted by Crippen LogP contribution is -2.16. The van der Waals surface area contributed by atoms with Gasteiger partial charge < -0.3 is 5.32 Å². The molecule has 0 atom stereocenters. The summed E-state index contributed by atoms with van der Waals surface area (Å²) in [5, 5.41) is 11.6. The van der Waals surface area contributed by atoms with Crippen LogP contribution in [-0.2, 0) is 6.42 Å². The maximum atomic E-state index is 13.6. The Labute approximate surface area is 201 Å². The van der Waals surface area contributed by atoms with Crippen molar-refractivity contribution in [3.05, 3.63) is 114 Å². The first-order chi connectivity index (χ1) is 17.2. The number of carbonyl (C=O) groups is 1. The molecule has 2 heterocycles. The number of nitrogens with one attached hydrogen (secondary N) is 1. The number of carbonyl (C=O) groups excluding carboxylic acids is 1. The summed E-state index contributed by atoms with van der Waals surface area (Å²) >= 11 is 0. The fourth-order valence-corrected chi connectivity index (χ4v) is 3.70. The first-order valence-corrected chi connectivity index (χ1v) is 11.1. The van der Waals surface area contributed by atoms with E-state index < -0.39 is 0 Å². The van der Waals surface area contributed by atoms with Gasteiger partial charge in [-0.05, 0) is 54.4 Å². The number of halogens is 1. The molecular weight excluding hydrogens is 443 g/mol. The number of nitrogens with zero attached hydrogens (tertiary/aromatic N) is 5. The smallest absolute Gasteiger partial charge is 0.280 e. The molecule has 0 spiro atoms. The molecule has 0 bridgehead atoms. The summed E-state index contributed by atoms with van der Waals surface area (Å²) in [6.07, 6.45) is 2.42. The van der Waals surface area contributed by atoms with Crippen LogP contribution in [-0.4, -0.2) is 37.4 Å². The average Bonchev–Trinajstić information content (AvgIpc) is 3.35. The molecule has 5 rings (SSSR count). The number of anilines is 1. The van der Waals surface area contributed by atoms with E-state index in [-0.39, 0.29) is 11.7 Å². The van der Waals surface area contributed by atoms with Gasteiger partial charge in [0.1, 0.15) is 17.2 Å². The van der Waals surface area contributed by atoms with Gasteiger partial charge in [-0.25, -0.2) is 14.4 Å². The van der Waals surface area contributed by atoms with Crippen molar-refractivity contribution >= 4 is 11.9 Å². The second-order valence-corrected chi connectivity index (χ2v) is 7.80. The molecule has 0 saturated heterocycles. The summed E-state index contributed by atoms with van der Waals surface area (Å²) < 4.78 is 14.8. The zero-order valence-electron chi connectivity index (χ0n) is 18.7. The van der Waals surface area contributed by atoms with Crippen molar-refractivity contribution in [3.8, 4) is 22.6 Å². The van der Waals surface area contributed by atoms with Crippen molar-refractivity contribution in [1.82, 2.24) is 25.0 Å². The Hall–Kier alpha value is -4.72. The zero-order valence-corrected chi connectivity index (χ0v) is 18.7. The second-order valence-electron chi connectivity index (χ2n) is 7.80. The molecule has 2 aromatic heterocycles. The predicted molar refractivity (Wildman–Crippen MR) is 131 cm³/mol. The molecule has 0 aliphatic rings. The van der Waals surface area contributed by atoms with Gasteiger partial charge in [0.25, 0.3) is 5.91 Å². The summed E-state index contributed by atoms with van der Waals surface area (Å²) in [4.78, 5) is 22.3. The van der Waals surface area contributed by atoms with E-state index in [1.165, 1.54) is 22.4 Å². The van der Waals surface area contributed by atoms with Gasteiger partial charge in [0, 0.05) is 23.9 Å². The molecule has 5 aromatic rings. The van der Waals surface area contributed by atoms with Crippen LogP contribution in [0.2, 0.25) is 0 Å². The van der Waals surface area contributed by atoms with Gasteiger partial charge in [-0.3, -0.25) is 4.79 Å². The van der Waals surface area contributed by atoms with Crippen molar-refractivity contribution < 1.29 is 9.18 Å². The van der Waals surface area contributed by atoms with E-state index in [9.17, 15) is 9.18 Å². The first-order valence-electron chi connectivity index (χ1n) is 11.1. The third-order valence-electron chi connectivity index (χ3n) is 5.44. The van der Waals surface area contributed by atoms with E-state index in [1.54, 1.807) is 48.7 Å². The van der Waals surface area contributed by atoms with Crippen molar-refractivity contribution in [1.29, 1.82) is 0 Å². The quantitative estimate of drug-likeness (QED) is 0.369.